The number of nitrogen functional groups attached to an aromatic ring is 1. The first-order chi connectivity index (χ1) is 11.3. The summed E-state index contributed by atoms with van der Waals surface area (Å²) in [5.74, 6) is -1.05. The molecule has 1 aromatic carbocycles. The topological polar surface area (TPSA) is 116 Å². The Morgan fingerprint density at radius 3 is 2.42 bits per heavy atom. The van der Waals surface area contributed by atoms with E-state index in [1.807, 2.05) is 31.2 Å². The largest absolute Gasteiger partial charge is 0.480 e. The number of hydrogen-bond acceptors (Lipinski definition) is 3. The van der Waals surface area contributed by atoms with Crippen LogP contribution in [0.4, 0.5) is 0 Å². The number of carbonyl (C=O) groups is 2. The van der Waals surface area contributed by atoms with Crippen molar-refractivity contribution in [2.45, 2.75) is 49.9 Å². The molecule has 0 aliphatic heterocycles. The van der Waals surface area contributed by atoms with Crippen molar-refractivity contribution in [2.75, 3.05) is 0 Å². The van der Waals surface area contributed by atoms with Gasteiger partial charge < -0.3 is 16.2 Å². The first kappa shape index (κ1) is 20.2. The molecule has 1 aromatic rings. The van der Waals surface area contributed by atoms with Crippen molar-refractivity contribution in [3.63, 3.8) is 0 Å². The number of unbranched alkanes of at least 4 members (excludes halogenated alkanes) is 1. The summed E-state index contributed by atoms with van der Waals surface area (Å²) in [4.78, 5) is 22.1. The van der Waals surface area contributed by atoms with Crippen LogP contribution >= 0.6 is 15.9 Å². The summed E-state index contributed by atoms with van der Waals surface area (Å²) in [6.07, 6.45) is 3.37. The summed E-state index contributed by atoms with van der Waals surface area (Å²) < 4.78 is 0. The van der Waals surface area contributed by atoms with Crippen LogP contribution < -0.4 is 11.1 Å². The SMILES string of the molecule is CC[C@@H](NC(=O)CCCCc1ccc(C(=N)N)cc1)C(Br)C(=O)O. The predicted octanol–water partition coefficient (Wildman–Crippen LogP) is 2.43. The zero-order chi connectivity index (χ0) is 18.1. The van der Waals surface area contributed by atoms with Crippen molar-refractivity contribution in [3.8, 4) is 0 Å². The van der Waals surface area contributed by atoms with Gasteiger partial charge in [0.2, 0.25) is 5.91 Å². The highest BCUT2D eigenvalue weighted by atomic mass is 79.9. The highest BCUT2D eigenvalue weighted by Crippen LogP contribution is 2.11. The zero-order valence-corrected chi connectivity index (χ0v) is 15.3. The van der Waals surface area contributed by atoms with Crippen LogP contribution in [0.5, 0.6) is 0 Å². The average molecular weight is 398 g/mol. The van der Waals surface area contributed by atoms with Gasteiger partial charge in [-0.05, 0) is 31.2 Å². The Morgan fingerprint density at radius 2 is 1.92 bits per heavy atom. The van der Waals surface area contributed by atoms with Crippen molar-refractivity contribution in [1.82, 2.24) is 5.32 Å². The molecule has 1 amide bonds. The van der Waals surface area contributed by atoms with Crippen molar-refractivity contribution in [1.29, 1.82) is 5.41 Å². The standard InChI is InChI=1S/C17H24BrN3O3/c1-2-13(15(18)17(23)24)21-14(22)6-4-3-5-11-7-9-12(10-8-11)16(19)20/h7-10,13,15H,2-6H2,1H3,(H3,19,20)(H,21,22)(H,23,24)/t13-,15?/m1/s1. The molecule has 0 spiro atoms. The molecule has 2 atom stereocenters. The summed E-state index contributed by atoms with van der Waals surface area (Å²) in [5, 5.41) is 19.1. The van der Waals surface area contributed by atoms with Crippen molar-refractivity contribution < 1.29 is 14.7 Å². The van der Waals surface area contributed by atoms with Gasteiger partial charge in [-0.3, -0.25) is 15.0 Å². The van der Waals surface area contributed by atoms with E-state index >= 15 is 0 Å². The maximum absolute atomic E-state index is 11.9. The maximum atomic E-state index is 11.9. The maximum Gasteiger partial charge on any atom is 0.319 e. The van der Waals surface area contributed by atoms with Crippen molar-refractivity contribution >= 4 is 33.6 Å². The van der Waals surface area contributed by atoms with E-state index < -0.39 is 16.8 Å². The number of carboxylic acids is 1. The lowest BCUT2D eigenvalue weighted by molar-refractivity contribution is -0.136. The number of nitrogens with one attached hydrogen (secondary N) is 2. The first-order valence-electron chi connectivity index (χ1n) is 7.94. The third-order valence-corrected chi connectivity index (χ3v) is 4.79. The molecule has 0 heterocycles. The highest BCUT2D eigenvalue weighted by molar-refractivity contribution is 9.10. The van der Waals surface area contributed by atoms with Gasteiger partial charge in [-0.15, -0.1) is 0 Å². The van der Waals surface area contributed by atoms with E-state index in [1.54, 1.807) is 0 Å². The van der Waals surface area contributed by atoms with E-state index in [2.05, 4.69) is 21.2 Å². The van der Waals surface area contributed by atoms with Crippen LogP contribution in [0.3, 0.4) is 0 Å². The van der Waals surface area contributed by atoms with E-state index in [-0.39, 0.29) is 11.7 Å². The number of amidine groups is 1. The number of aliphatic carboxylic acids is 1. The number of rotatable bonds is 10. The molecule has 0 saturated carbocycles. The smallest absolute Gasteiger partial charge is 0.319 e. The van der Waals surface area contributed by atoms with E-state index in [9.17, 15) is 9.59 Å². The number of amides is 1. The molecule has 1 unspecified atom stereocenters. The van der Waals surface area contributed by atoms with Gasteiger partial charge in [0.15, 0.2) is 0 Å². The summed E-state index contributed by atoms with van der Waals surface area (Å²) in [6.45, 7) is 1.84. The fourth-order valence-corrected chi connectivity index (χ4v) is 2.80. The van der Waals surface area contributed by atoms with E-state index in [1.165, 1.54) is 0 Å². The quantitative estimate of drug-likeness (QED) is 0.210. The molecule has 24 heavy (non-hydrogen) atoms. The molecule has 132 valence electrons. The van der Waals surface area contributed by atoms with Crippen LogP contribution in [0.2, 0.25) is 0 Å². The third kappa shape index (κ3) is 6.70. The van der Waals surface area contributed by atoms with E-state index in [0.717, 1.165) is 24.8 Å². The minimum atomic E-state index is -0.976. The number of aryl methyl sites for hydroxylation is 1. The Morgan fingerprint density at radius 1 is 1.29 bits per heavy atom. The van der Waals surface area contributed by atoms with Gasteiger partial charge in [-0.1, -0.05) is 47.1 Å². The van der Waals surface area contributed by atoms with Gasteiger partial charge in [-0.25, -0.2) is 0 Å². The van der Waals surface area contributed by atoms with Crippen LogP contribution in [-0.4, -0.2) is 33.7 Å². The van der Waals surface area contributed by atoms with Crippen LogP contribution in [-0.2, 0) is 16.0 Å². The third-order valence-electron chi connectivity index (χ3n) is 3.76. The zero-order valence-electron chi connectivity index (χ0n) is 13.7. The number of hydrogen-bond donors (Lipinski definition) is 4. The lowest BCUT2D eigenvalue weighted by atomic mass is 10.0. The summed E-state index contributed by atoms with van der Waals surface area (Å²) in [6, 6.07) is 7.10. The summed E-state index contributed by atoms with van der Waals surface area (Å²) >= 11 is 3.09. The molecule has 0 fully saturated rings. The summed E-state index contributed by atoms with van der Waals surface area (Å²) in [5.41, 5.74) is 7.25. The van der Waals surface area contributed by atoms with Crippen LogP contribution in [0.15, 0.2) is 24.3 Å². The second-order valence-electron chi connectivity index (χ2n) is 5.64. The molecule has 0 saturated heterocycles. The fourth-order valence-electron chi connectivity index (χ4n) is 2.30. The Balaban J connectivity index is 2.32. The fraction of sp³-hybridized carbons (Fsp3) is 0.471. The Hall–Kier alpha value is -1.89. The van der Waals surface area contributed by atoms with Gasteiger partial charge in [-0.2, -0.15) is 0 Å². The molecule has 6 nitrogen and oxygen atoms in total. The molecule has 0 radical (unpaired) electrons. The van der Waals surface area contributed by atoms with E-state index in [4.69, 9.17) is 16.2 Å². The molecule has 0 aliphatic rings. The second kappa shape index (κ2) is 10.1. The van der Waals surface area contributed by atoms with Gasteiger partial charge >= 0.3 is 5.97 Å². The minimum Gasteiger partial charge on any atom is -0.480 e. The molecule has 7 heteroatoms. The Labute approximate surface area is 150 Å². The van der Waals surface area contributed by atoms with Crippen molar-refractivity contribution in [3.05, 3.63) is 35.4 Å². The monoisotopic (exact) mass is 397 g/mol. The predicted molar refractivity (Wildman–Crippen MR) is 97.6 cm³/mol. The van der Waals surface area contributed by atoms with Gasteiger partial charge in [0, 0.05) is 12.0 Å². The molecule has 5 N–H and O–H groups in total. The Bertz CT molecular complexity index is 575. The first-order valence-corrected chi connectivity index (χ1v) is 8.86. The number of alkyl halides is 1. The number of nitrogens with two attached hydrogens (primary N) is 1. The molecule has 0 aromatic heterocycles. The highest BCUT2D eigenvalue weighted by Gasteiger charge is 2.25. The average Bonchev–Trinajstić information content (AvgIpc) is 2.56. The molecule has 0 bridgehead atoms. The van der Waals surface area contributed by atoms with Gasteiger partial charge in [0.1, 0.15) is 10.7 Å². The van der Waals surface area contributed by atoms with Crippen LogP contribution in [0.25, 0.3) is 0 Å². The minimum absolute atomic E-state index is 0.0511. The lowest BCUT2D eigenvalue weighted by Crippen LogP contribution is -2.43. The summed E-state index contributed by atoms with van der Waals surface area (Å²) in [7, 11) is 0. The Kier molecular flexibility index (Phi) is 8.46. The molecule has 1 rings (SSSR count). The lowest BCUT2D eigenvalue weighted by Gasteiger charge is -2.19. The number of carbonyl (C=O) groups excluding carboxylic acids is 1. The number of carboxylic acid groups (broad SMARTS) is 1. The molecular formula is C17H24BrN3O3. The molecular weight excluding hydrogens is 374 g/mol. The number of halogens is 1. The van der Waals surface area contributed by atoms with Gasteiger partial charge in [0.25, 0.3) is 0 Å². The van der Waals surface area contributed by atoms with Gasteiger partial charge in [0.05, 0.1) is 6.04 Å². The van der Waals surface area contributed by atoms with Crippen LogP contribution in [0, 0.1) is 5.41 Å². The van der Waals surface area contributed by atoms with Crippen LogP contribution in [0.1, 0.15) is 43.7 Å². The number of benzene rings is 1. The van der Waals surface area contributed by atoms with E-state index in [0.29, 0.717) is 18.4 Å². The second-order valence-corrected chi connectivity index (χ2v) is 6.63. The van der Waals surface area contributed by atoms with Crippen molar-refractivity contribution in [2.24, 2.45) is 5.73 Å². The normalized spacial score (nSPS) is 13.1. The molecule has 0 aliphatic carbocycles.